The van der Waals surface area contributed by atoms with Gasteiger partial charge in [-0.25, -0.2) is 17.1 Å². The Morgan fingerprint density at radius 2 is 1.78 bits per heavy atom. The topological polar surface area (TPSA) is 57.7 Å². The number of carbonyl (C=O) groups excluding carboxylic acids is 1. The van der Waals surface area contributed by atoms with Gasteiger partial charge in [-0.1, -0.05) is 0 Å². The zero-order valence-electron chi connectivity index (χ0n) is 10.4. The highest BCUT2D eigenvalue weighted by Gasteiger charge is 2.58. The minimum absolute atomic E-state index is 0.121. The molecule has 2 aliphatic heterocycles. The molecule has 0 aromatic heterocycles. The van der Waals surface area contributed by atoms with E-state index in [1.807, 2.05) is 0 Å². The summed E-state index contributed by atoms with van der Waals surface area (Å²) < 4.78 is 37.9. The molecule has 7 heteroatoms. The van der Waals surface area contributed by atoms with Crippen molar-refractivity contribution in [2.24, 2.45) is 5.41 Å². The molecule has 0 aromatic carbocycles. The highest BCUT2D eigenvalue weighted by molar-refractivity contribution is 7.88. The number of hydrogen-bond donors (Lipinski definition) is 0. The highest BCUT2D eigenvalue weighted by Crippen LogP contribution is 2.46. The summed E-state index contributed by atoms with van der Waals surface area (Å²) in [6.07, 6.45) is 2.65. The minimum atomic E-state index is -3.15. The van der Waals surface area contributed by atoms with E-state index in [4.69, 9.17) is 0 Å². The molecular formula is C11H17FN2O3S. The second kappa shape index (κ2) is 3.45. The van der Waals surface area contributed by atoms with Gasteiger partial charge < -0.3 is 4.90 Å². The maximum atomic E-state index is 13.6. The van der Waals surface area contributed by atoms with Crippen LogP contribution in [0.1, 0.15) is 19.3 Å². The van der Waals surface area contributed by atoms with Crippen molar-refractivity contribution in [2.45, 2.75) is 24.9 Å². The molecule has 102 valence electrons. The lowest BCUT2D eigenvalue weighted by Crippen LogP contribution is -2.61. The summed E-state index contributed by atoms with van der Waals surface area (Å²) in [5, 5.41) is 0. The van der Waals surface area contributed by atoms with Crippen LogP contribution in [0.15, 0.2) is 0 Å². The fourth-order valence-electron chi connectivity index (χ4n) is 2.95. The first-order chi connectivity index (χ1) is 8.24. The highest BCUT2D eigenvalue weighted by atomic mass is 32.2. The van der Waals surface area contributed by atoms with Crippen molar-refractivity contribution in [3.63, 3.8) is 0 Å². The van der Waals surface area contributed by atoms with Crippen LogP contribution in [0.3, 0.4) is 0 Å². The Labute approximate surface area is 106 Å². The zero-order chi connectivity index (χ0) is 13.2. The Morgan fingerprint density at radius 3 is 2.22 bits per heavy atom. The predicted molar refractivity (Wildman–Crippen MR) is 63.1 cm³/mol. The second-order valence-corrected chi connectivity index (χ2v) is 7.96. The molecule has 0 N–H and O–H groups in total. The first-order valence-electron chi connectivity index (χ1n) is 6.18. The molecule has 3 fully saturated rings. The summed E-state index contributed by atoms with van der Waals surface area (Å²) in [5.41, 5.74) is -1.72. The molecule has 0 radical (unpaired) electrons. The number of halogens is 1. The van der Waals surface area contributed by atoms with Crippen molar-refractivity contribution >= 4 is 15.9 Å². The first kappa shape index (κ1) is 12.3. The van der Waals surface area contributed by atoms with Crippen LogP contribution in [0.25, 0.3) is 0 Å². The van der Waals surface area contributed by atoms with E-state index in [1.54, 1.807) is 4.90 Å². The number of rotatable bonds is 2. The maximum absolute atomic E-state index is 13.6. The van der Waals surface area contributed by atoms with Gasteiger partial charge in [0, 0.05) is 31.6 Å². The van der Waals surface area contributed by atoms with E-state index in [0.717, 1.165) is 6.42 Å². The van der Waals surface area contributed by atoms with Crippen LogP contribution in [-0.2, 0) is 14.8 Å². The Balaban J connectivity index is 1.61. The fraction of sp³-hybridized carbons (Fsp3) is 0.909. The summed E-state index contributed by atoms with van der Waals surface area (Å²) in [6.45, 7) is 1.99. The average molecular weight is 276 g/mol. The van der Waals surface area contributed by atoms with E-state index in [2.05, 4.69) is 0 Å². The number of carbonyl (C=O) groups is 1. The van der Waals surface area contributed by atoms with Gasteiger partial charge in [0.25, 0.3) is 5.91 Å². The van der Waals surface area contributed by atoms with E-state index < -0.39 is 21.6 Å². The standard InChI is InChI=1S/C11H17FN2O3S/c1-18(16,17)14-5-4-10(8-14)6-13(7-10)9(15)11(12)2-3-11/h2-8H2,1H3. The summed E-state index contributed by atoms with van der Waals surface area (Å²) in [7, 11) is -3.15. The Hall–Kier alpha value is -0.690. The molecule has 2 heterocycles. The largest absolute Gasteiger partial charge is 0.339 e. The van der Waals surface area contributed by atoms with Gasteiger partial charge >= 0.3 is 0 Å². The quantitative estimate of drug-likeness (QED) is 0.712. The maximum Gasteiger partial charge on any atom is 0.260 e. The summed E-state index contributed by atoms with van der Waals surface area (Å²) in [5.74, 6) is -0.397. The smallest absolute Gasteiger partial charge is 0.260 e. The summed E-state index contributed by atoms with van der Waals surface area (Å²) in [4.78, 5) is 13.3. The van der Waals surface area contributed by atoms with E-state index in [-0.39, 0.29) is 5.41 Å². The minimum Gasteiger partial charge on any atom is -0.339 e. The van der Waals surface area contributed by atoms with Crippen LogP contribution in [0.4, 0.5) is 4.39 Å². The van der Waals surface area contributed by atoms with Crippen molar-refractivity contribution < 1.29 is 17.6 Å². The molecule has 1 saturated carbocycles. The lowest BCUT2D eigenvalue weighted by atomic mass is 9.79. The van der Waals surface area contributed by atoms with Crippen LogP contribution < -0.4 is 0 Å². The van der Waals surface area contributed by atoms with Crippen molar-refractivity contribution in [1.82, 2.24) is 9.21 Å². The third-order valence-corrected chi connectivity index (χ3v) is 5.53. The molecule has 2 saturated heterocycles. The van der Waals surface area contributed by atoms with Crippen LogP contribution in [0, 0.1) is 5.41 Å². The van der Waals surface area contributed by atoms with E-state index >= 15 is 0 Å². The van der Waals surface area contributed by atoms with Crippen molar-refractivity contribution in [3.05, 3.63) is 0 Å². The molecule has 0 unspecified atom stereocenters. The van der Waals surface area contributed by atoms with Crippen LogP contribution >= 0.6 is 0 Å². The monoisotopic (exact) mass is 276 g/mol. The Kier molecular flexibility index (Phi) is 2.36. The van der Waals surface area contributed by atoms with Gasteiger partial charge in [-0.05, 0) is 19.3 Å². The van der Waals surface area contributed by atoms with Crippen molar-refractivity contribution in [2.75, 3.05) is 32.4 Å². The molecule has 0 atom stereocenters. The third kappa shape index (κ3) is 1.84. The molecule has 5 nitrogen and oxygen atoms in total. The number of amides is 1. The SMILES string of the molecule is CS(=O)(=O)N1CCC2(CN(C(=O)C3(F)CC3)C2)C1. The zero-order valence-corrected chi connectivity index (χ0v) is 11.2. The summed E-state index contributed by atoms with van der Waals surface area (Å²) >= 11 is 0. The molecule has 1 amide bonds. The Bertz CT molecular complexity index is 494. The molecule has 3 aliphatic rings. The number of nitrogens with zero attached hydrogens (tertiary/aromatic N) is 2. The van der Waals surface area contributed by atoms with Crippen LogP contribution in [0.2, 0.25) is 0 Å². The predicted octanol–water partition coefficient (Wildman–Crippen LogP) is -0.0176. The number of alkyl halides is 1. The van der Waals surface area contributed by atoms with Gasteiger partial charge in [-0.3, -0.25) is 4.79 Å². The van der Waals surface area contributed by atoms with Gasteiger partial charge in [0.1, 0.15) is 0 Å². The first-order valence-corrected chi connectivity index (χ1v) is 8.03. The lowest BCUT2D eigenvalue weighted by molar-refractivity contribution is -0.149. The van der Waals surface area contributed by atoms with Crippen molar-refractivity contribution in [3.8, 4) is 0 Å². The number of hydrogen-bond acceptors (Lipinski definition) is 3. The molecular weight excluding hydrogens is 259 g/mol. The van der Waals surface area contributed by atoms with Gasteiger partial charge in [0.2, 0.25) is 10.0 Å². The number of likely N-dealkylation sites (tertiary alicyclic amines) is 1. The van der Waals surface area contributed by atoms with Gasteiger partial charge in [-0.15, -0.1) is 0 Å². The Morgan fingerprint density at radius 1 is 1.17 bits per heavy atom. The fourth-order valence-corrected chi connectivity index (χ4v) is 3.88. The molecule has 1 spiro atoms. The van der Waals surface area contributed by atoms with Gasteiger partial charge in [-0.2, -0.15) is 0 Å². The molecule has 1 aliphatic carbocycles. The van der Waals surface area contributed by atoms with Gasteiger partial charge in [0.05, 0.1) is 6.26 Å². The molecule has 18 heavy (non-hydrogen) atoms. The average Bonchev–Trinajstić information content (AvgIpc) is 2.79. The van der Waals surface area contributed by atoms with E-state index in [0.29, 0.717) is 39.0 Å². The van der Waals surface area contributed by atoms with Crippen LogP contribution in [-0.4, -0.2) is 61.6 Å². The van der Waals surface area contributed by atoms with Crippen LogP contribution in [0.5, 0.6) is 0 Å². The van der Waals surface area contributed by atoms with E-state index in [1.165, 1.54) is 10.6 Å². The molecule has 0 aromatic rings. The van der Waals surface area contributed by atoms with E-state index in [9.17, 15) is 17.6 Å². The second-order valence-electron chi connectivity index (χ2n) is 5.97. The summed E-state index contributed by atoms with van der Waals surface area (Å²) in [6, 6.07) is 0. The van der Waals surface area contributed by atoms with Crippen molar-refractivity contribution in [1.29, 1.82) is 0 Å². The normalized spacial score (nSPS) is 29.3. The third-order valence-electron chi connectivity index (χ3n) is 4.28. The van der Waals surface area contributed by atoms with Gasteiger partial charge in [0.15, 0.2) is 5.67 Å². The lowest BCUT2D eigenvalue weighted by Gasteiger charge is -2.48. The molecule has 0 bridgehead atoms. The molecule has 3 rings (SSSR count). The number of sulfonamides is 1.